The number of aliphatic hydroxyl groups excluding tert-OH is 1. The van der Waals surface area contributed by atoms with Crippen LogP contribution >= 0.6 is 0 Å². The van der Waals surface area contributed by atoms with E-state index in [1.165, 1.54) is 36.8 Å². The zero-order valence-corrected chi connectivity index (χ0v) is 19.1. The van der Waals surface area contributed by atoms with E-state index < -0.39 is 0 Å². The number of hydrogen-bond acceptors (Lipinski definition) is 3. The van der Waals surface area contributed by atoms with E-state index in [1.54, 1.807) is 0 Å². The third-order valence-corrected chi connectivity index (χ3v) is 9.00. The summed E-state index contributed by atoms with van der Waals surface area (Å²) < 4.78 is 6.05. The lowest BCUT2D eigenvalue weighted by molar-refractivity contribution is -0.156. The van der Waals surface area contributed by atoms with Crippen LogP contribution in [0, 0.1) is 34.5 Å². The third kappa shape index (κ3) is 3.42. The van der Waals surface area contributed by atoms with Crippen LogP contribution in [0.25, 0.3) is 0 Å². The molecule has 1 fully saturated rings. The molecular weight excluding hydrogens is 360 g/mol. The predicted molar refractivity (Wildman–Crippen MR) is 116 cm³/mol. The molecule has 0 aromatic carbocycles. The van der Waals surface area contributed by atoms with Crippen molar-refractivity contribution in [2.45, 2.75) is 98.5 Å². The Labute approximate surface area is 177 Å². The number of esters is 1. The van der Waals surface area contributed by atoms with E-state index >= 15 is 0 Å². The standard InChI is InChI=1S/C26H40O3/c1-16(2)7-6-8-17(3)19-9-10-20-23-21(12-14-25(19,20)4)26(5)13-11-18(27)15-22(26)24(28)29-23/h10,16-19,22,27H,6-9,11-15H2,1-5H3/t17-,18+,19-,22-,25-,26-/m1/s1. The zero-order valence-electron chi connectivity index (χ0n) is 19.1. The summed E-state index contributed by atoms with van der Waals surface area (Å²) in [7, 11) is 0. The van der Waals surface area contributed by atoms with E-state index in [0.717, 1.165) is 37.4 Å². The van der Waals surface area contributed by atoms with Crippen LogP contribution in [-0.4, -0.2) is 17.2 Å². The Morgan fingerprint density at radius 3 is 2.66 bits per heavy atom. The molecule has 0 radical (unpaired) electrons. The second kappa shape index (κ2) is 7.55. The Morgan fingerprint density at radius 2 is 1.93 bits per heavy atom. The maximum absolute atomic E-state index is 13.0. The number of aliphatic hydroxyl groups is 1. The highest BCUT2D eigenvalue weighted by molar-refractivity contribution is 5.79. The van der Waals surface area contributed by atoms with Crippen LogP contribution in [0.15, 0.2) is 23.0 Å². The first kappa shape index (κ1) is 21.2. The summed E-state index contributed by atoms with van der Waals surface area (Å²) >= 11 is 0. The first-order valence-electron chi connectivity index (χ1n) is 12.0. The van der Waals surface area contributed by atoms with Gasteiger partial charge in [-0.15, -0.1) is 0 Å². The van der Waals surface area contributed by atoms with Gasteiger partial charge in [-0.05, 0) is 72.8 Å². The number of ether oxygens (including phenoxy) is 1. The lowest BCUT2D eigenvalue weighted by atomic mass is 9.55. The van der Waals surface area contributed by atoms with Crippen molar-refractivity contribution < 1.29 is 14.6 Å². The van der Waals surface area contributed by atoms with E-state index in [-0.39, 0.29) is 28.8 Å². The molecule has 4 rings (SSSR count). The van der Waals surface area contributed by atoms with E-state index in [9.17, 15) is 9.90 Å². The average molecular weight is 401 g/mol. The van der Waals surface area contributed by atoms with Crippen LogP contribution in [0.5, 0.6) is 0 Å². The van der Waals surface area contributed by atoms with E-state index in [4.69, 9.17) is 4.74 Å². The van der Waals surface area contributed by atoms with Gasteiger partial charge in [0.1, 0.15) is 5.76 Å². The first-order valence-corrected chi connectivity index (χ1v) is 12.0. The number of hydrogen-bond donors (Lipinski definition) is 1. The monoisotopic (exact) mass is 400 g/mol. The molecule has 3 nitrogen and oxygen atoms in total. The van der Waals surface area contributed by atoms with Crippen molar-refractivity contribution in [2.75, 3.05) is 0 Å². The van der Waals surface area contributed by atoms with Crippen LogP contribution in [0.2, 0.25) is 0 Å². The van der Waals surface area contributed by atoms with Crippen molar-refractivity contribution in [3.05, 3.63) is 23.0 Å². The largest absolute Gasteiger partial charge is 0.426 e. The number of fused-ring (bicyclic) bond motifs is 4. The van der Waals surface area contributed by atoms with Gasteiger partial charge in [-0.3, -0.25) is 4.79 Å². The van der Waals surface area contributed by atoms with Gasteiger partial charge >= 0.3 is 5.97 Å². The molecule has 4 aliphatic rings. The molecule has 1 heterocycles. The van der Waals surface area contributed by atoms with Crippen molar-refractivity contribution in [2.24, 2.45) is 34.5 Å². The SMILES string of the molecule is CC(C)CCC[C@@H](C)[C@H]1CC=C2C3=C(CC[C@@]21C)[C@@]1(C)CC[C@H](O)C[C@@H]1C(=O)O3. The molecule has 0 spiro atoms. The van der Waals surface area contributed by atoms with E-state index in [0.29, 0.717) is 18.3 Å². The van der Waals surface area contributed by atoms with Crippen molar-refractivity contribution in [3.8, 4) is 0 Å². The quantitative estimate of drug-likeness (QED) is 0.561. The van der Waals surface area contributed by atoms with Crippen molar-refractivity contribution in [1.29, 1.82) is 0 Å². The highest BCUT2D eigenvalue weighted by Crippen LogP contribution is 2.63. The summed E-state index contributed by atoms with van der Waals surface area (Å²) in [5, 5.41) is 10.1. The van der Waals surface area contributed by atoms with Crippen molar-refractivity contribution >= 4 is 5.97 Å². The predicted octanol–water partition coefficient (Wildman–Crippen LogP) is 6.17. The molecule has 0 saturated heterocycles. The van der Waals surface area contributed by atoms with Crippen molar-refractivity contribution in [3.63, 3.8) is 0 Å². The van der Waals surface area contributed by atoms with Crippen LogP contribution in [0.1, 0.15) is 92.4 Å². The fraction of sp³-hybridized carbons (Fsp3) is 0.808. The molecule has 1 saturated carbocycles. The number of carbonyl (C=O) groups excluding carboxylic acids is 1. The fourth-order valence-corrected chi connectivity index (χ4v) is 7.02. The molecule has 0 bridgehead atoms. The molecule has 1 aliphatic heterocycles. The van der Waals surface area contributed by atoms with Gasteiger partial charge in [0.2, 0.25) is 0 Å². The normalized spacial score (nSPS) is 40.2. The maximum atomic E-state index is 13.0. The Hall–Kier alpha value is -1.09. The Balaban J connectivity index is 1.58. The number of allylic oxidation sites excluding steroid dienone is 3. The van der Waals surface area contributed by atoms with Gasteiger partial charge in [0.15, 0.2) is 0 Å². The van der Waals surface area contributed by atoms with Gasteiger partial charge < -0.3 is 9.84 Å². The first-order chi connectivity index (χ1) is 13.7. The number of rotatable bonds is 5. The molecule has 29 heavy (non-hydrogen) atoms. The minimum Gasteiger partial charge on any atom is -0.426 e. The second-order valence-electron chi connectivity index (χ2n) is 11.3. The van der Waals surface area contributed by atoms with Gasteiger partial charge in [0.25, 0.3) is 0 Å². The van der Waals surface area contributed by atoms with E-state index in [2.05, 4.69) is 40.7 Å². The Kier molecular flexibility index (Phi) is 5.51. The molecule has 162 valence electrons. The van der Waals surface area contributed by atoms with Gasteiger partial charge in [-0.2, -0.15) is 0 Å². The van der Waals surface area contributed by atoms with Gasteiger partial charge in [-0.25, -0.2) is 0 Å². The molecule has 3 aliphatic carbocycles. The second-order valence-corrected chi connectivity index (χ2v) is 11.3. The van der Waals surface area contributed by atoms with Crippen LogP contribution in [0.4, 0.5) is 0 Å². The average Bonchev–Trinajstić information content (AvgIpc) is 3.00. The molecule has 0 aromatic heterocycles. The van der Waals surface area contributed by atoms with E-state index in [1.807, 2.05) is 0 Å². The Bertz CT molecular complexity index is 732. The van der Waals surface area contributed by atoms with Gasteiger partial charge in [-0.1, -0.05) is 60.0 Å². The van der Waals surface area contributed by atoms with Gasteiger partial charge in [0, 0.05) is 5.41 Å². The summed E-state index contributed by atoms with van der Waals surface area (Å²) in [5.41, 5.74) is 2.69. The van der Waals surface area contributed by atoms with Crippen LogP contribution in [-0.2, 0) is 9.53 Å². The molecule has 3 heteroatoms. The highest BCUT2D eigenvalue weighted by Gasteiger charge is 2.56. The zero-order chi connectivity index (χ0) is 21.0. The van der Waals surface area contributed by atoms with Crippen LogP contribution in [0.3, 0.4) is 0 Å². The Morgan fingerprint density at radius 1 is 1.17 bits per heavy atom. The summed E-state index contributed by atoms with van der Waals surface area (Å²) in [6, 6.07) is 0. The number of carbonyl (C=O) groups is 1. The summed E-state index contributed by atoms with van der Waals surface area (Å²) in [4.78, 5) is 13.0. The topological polar surface area (TPSA) is 46.5 Å². The molecule has 1 N–H and O–H groups in total. The molecular formula is C26H40O3. The molecule has 0 amide bonds. The smallest absolute Gasteiger partial charge is 0.315 e. The highest BCUT2D eigenvalue weighted by atomic mass is 16.5. The minimum absolute atomic E-state index is 0.108. The minimum atomic E-state index is -0.363. The van der Waals surface area contributed by atoms with Gasteiger partial charge in [0.05, 0.1) is 12.0 Å². The lowest BCUT2D eigenvalue weighted by Crippen LogP contribution is -2.48. The third-order valence-electron chi connectivity index (χ3n) is 9.00. The van der Waals surface area contributed by atoms with Crippen molar-refractivity contribution in [1.82, 2.24) is 0 Å². The molecule has 0 aromatic rings. The maximum Gasteiger partial charge on any atom is 0.315 e. The summed E-state index contributed by atoms with van der Waals surface area (Å²) in [5.74, 6) is 2.77. The van der Waals surface area contributed by atoms with Crippen LogP contribution < -0.4 is 0 Å². The fourth-order valence-electron chi connectivity index (χ4n) is 7.02. The molecule has 0 unspecified atom stereocenters. The summed E-state index contributed by atoms with van der Waals surface area (Å²) in [6.07, 6.45) is 11.5. The lowest BCUT2D eigenvalue weighted by Gasteiger charge is -2.51. The summed E-state index contributed by atoms with van der Waals surface area (Å²) in [6.45, 7) is 11.7. The molecule has 6 atom stereocenters.